The van der Waals surface area contributed by atoms with Gasteiger partial charge in [0.1, 0.15) is 23.9 Å². The SMILES string of the molecule is CC(C)(C)OC(=O)Nc1nc(C(=NOC2(C(=O)OC(c3ccccc3)c3ccccc3)CC2)C(=O)N[C@@H]2C(=O)N(S(=O)(=O)O)[C@@H]2CN2CCOC2=O)cs1. The van der Waals surface area contributed by atoms with Crippen molar-refractivity contribution in [3.63, 3.8) is 0 Å². The molecule has 2 atom stereocenters. The zero-order valence-corrected chi connectivity index (χ0v) is 30.8. The Hall–Kier alpha value is -5.60. The first-order chi connectivity index (χ1) is 25.5. The van der Waals surface area contributed by atoms with Crippen LogP contribution in [0, 0.1) is 0 Å². The van der Waals surface area contributed by atoms with Crippen LogP contribution in [-0.4, -0.2) is 106 Å². The second-order valence-corrected chi connectivity index (χ2v) is 15.6. The van der Waals surface area contributed by atoms with Crippen molar-refractivity contribution < 1.29 is 56.0 Å². The van der Waals surface area contributed by atoms with E-state index in [9.17, 15) is 36.9 Å². The van der Waals surface area contributed by atoms with Crippen LogP contribution in [0.2, 0.25) is 0 Å². The average molecular weight is 785 g/mol. The van der Waals surface area contributed by atoms with Gasteiger partial charge in [0.25, 0.3) is 11.8 Å². The number of benzene rings is 2. The highest BCUT2D eigenvalue weighted by Crippen LogP contribution is 2.43. The molecule has 2 aliphatic heterocycles. The number of esters is 1. The van der Waals surface area contributed by atoms with Gasteiger partial charge in [-0.15, -0.1) is 11.3 Å². The lowest BCUT2D eigenvalue weighted by atomic mass is 9.97. The number of aromatic nitrogens is 1. The Morgan fingerprint density at radius 2 is 1.70 bits per heavy atom. The number of rotatable bonds is 13. The average Bonchev–Trinajstić information content (AvgIpc) is 3.59. The number of amides is 4. The molecule has 2 saturated heterocycles. The molecular weight excluding hydrogens is 749 g/mol. The van der Waals surface area contributed by atoms with E-state index < -0.39 is 81.9 Å². The van der Waals surface area contributed by atoms with E-state index in [1.165, 1.54) is 5.38 Å². The third kappa shape index (κ3) is 8.61. The molecule has 3 aliphatic rings. The molecule has 4 amide bonds. The van der Waals surface area contributed by atoms with Crippen molar-refractivity contribution in [3.8, 4) is 0 Å². The molecule has 3 N–H and O–H groups in total. The first kappa shape index (κ1) is 38.1. The highest BCUT2D eigenvalue weighted by atomic mass is 32.2. The number of nitrogens with zero attached hydrogens (tertiary/aromatic N) is 4. The number of hydrogen-bond acceptors (Lipinski definition) is 14. The molecule has 3 heterocycles. The van der Waals surface area contributed by atoms with E-state index in [0.29, 0.717) is 11.1 Å². The summed E-state index contributed by atoms with van der Waals surface area (Å²) in [6.45, 7) is 4.68. The van der Waals surface area contributed by atoms with Crippen molar-refractivity contribution in [2.24, 2.45) is 5.16 Å². The van der Waals surface area contributed by atoms with Crippen LogP contribution >= 0.6 is 11.3 Å². The van der Waals surface area contributed by atoms with Crippen molar-refractivity contribution in [1.29, 1.82) is 0 Å². The number of oxime groups is 1. The first-order valence-corrected chi connectivity index (χ1v) is 18.9. The summed E-state index contributed by atoms with van der Waals surface area (Å²) in [5.74, 6) is -3.05. The highest BCUT2D eigenvalue weighted by Gasteiger charge is 2.57. The molecule has 18 nitrogen and oxygen atoms in total. The quantitative estimate of drug-likeness (QED) is 0.0566. The van der Waals surface area contributed by atoms with Crippen LogP contribution in [0.1, 0.15) is 56.5 Å². The van der Waals surface area contributed by atoms with Gasteiger partial charge in [-0.3, -0.25) is 19.5 Å². The lowest BCUT2D eigenvalue weighted by molar-refractivity contribution is -0.164. The molecule has 1 saturated carbocycles. The van der Waals surface area contributed by atoms with Gasteiger partial charge in [-0.05, 0) is 31.9 Å². The first-order valence-electron chi connectivity index (χ1n) is 16.6. The number of carbonyl (C=O) groups is 5. The summed E-state index contributed by atoms with van der Waals surface area (Å²) < 4.78 is 50.1. The fourth-order valence-corrected chi connectivity index (χ4v) is 7.13. The van der Waals surface area contributed by atoms with Gasteiger partial charge in [0.2, 0.25) is 5.60 Å². The Morgan fingerprint density at radius 3 is 2.24 bits per heavy atom. The summed E-state index contributed by atoms with van der Waals surface area (Å²) in [5, 5.41) is 10.2. The third-order valence-electron chi connectivity index (χ3n) is 8.34. The largest absolute Gasteiger partial charge is 0.450 e. The third-order valence-corrected chi connectivity index (χ3v) is 10.0. The van der Waals surface area contributed by atoms with Gasteiger partial charge >= 0.3 is 28.5 Å². The van der Waals surface area contributed by atoms with Gasteiger partial charge in [0, 0.05) is 24.8 Å². The highest BCUT2D eigenvalue weighted by molar-refractivity contribution is 7.84. The van der Waals surface area contributed by atoms with E-state index >= 15 is 0 Å². The van der Waals surface area contributed by atoms with Crippen molar-refractivity contribution in [2.45, 2.75) is 63.0 Å². The summed E-state index contributed by atoms with van der Waals surface area (Å²) in [6.07, 6.45) is -2.04. The fraction of sp³-hybridized carbons (Fsp3) is 0.382. The maximum atomic E-state index is 13.9. The topological polar surface area (TPSA) is 232 Å². The minimum Gasteiger partial charge on any atom is -0.450 e. The Labute approximate surface area is 313 Å². The van der Waals surface area contributed by atoms with E-state index in [1.807, 2.05) is 36.4 Å². The predicted molar refractivity (Wildman–Crippen MR) is 189 cm³/mol. The van der Waals surface area contributed by atoms with Crippen LogP contribution in [-0.2, 0) is 43.7 Å². The Kier molecular flexibility index (Phi) is 10.6. The number of anilines is 1. The van der Waals surface area contributed by atoms with E-state index in [1.54, 1.807) is 45.0 Å². The van der Waals surface area contributed by atoms with Crippen LogP contribution < -0.4 is 10.6 Å². The standard InChI is InChI=1S/C34H36N6O12S2/c1-33(2,3)51-31(44)37-30-35-22(19-53-30)24(27(41)36-25-23(18-39-16-17-49-32(39)45)40(28(25)42)54(46,47)48)38-52-34(14-15-34)29(43)50-26(20-10-6-4-7-11-20)21-12-8-5-9-13-21/h4-13,19,23,25-26H,14-18H2,1-3H3,(H,36,41)(H,35,37,44)(H,46,47,48)/t23-,25+/m1/s1. The number of β-lactam (4-membered cyclic amide) rings is 1. The second-order valence-electron chi connectivity index (χ2n) is 13.5. The Morgan fingerprint density at radius 1 is 1.07 bits per heavy atom. The van der Waals surface area contributed by atoms with Crippen LogP contribution in [0.4, 0.5) is 14.7 Å². The second kappa shape index (κ2) is 15.0. The molecule has 0 unspecified atom stereocenters. The van der Waals surface area contributed by atoms with Crippen molar-refractivity contribution in [1.82, 2.24) is 19.5 Å². The van der Waals surface area contributed by atoms with Crippen LogP contribution in [0.5, 0.6) is 0 Å². The zero-order valence-electron chi connectivity index (χ0n) is 29.2. The monoisotopic (exact) mass is 784 g/mol. The zero-order chi connectivity index (χ0) is 38.8. The normalized spacial score (nSPS) is 19.5. The minimum absolute atomic E-state index is 0.00319. The molecular formula is C34H36N6O12S2. The molecule has 6 rings (SSSR count). The molecule has 286 valence electrons. The number of thiazole rings is 1. The van der Waals surface area contributed by atoms with Gasteiger partial charge in [-0.1, -0.05) is 65.8 Å². The van der Waals surface area contributed by atoms with E-state index in [2.05, 4.69) is 20.8 Å². The van der Waals surface area contributed by atoms with E-state index in [-0.39, 0.29) is 41.1 Å². The lowest BCUT2D eigenvalue weighted by Crippen LogP contribution is -2.74. The summed E-state index contributed by atoms with van der Waals surface area (Å²) in [7, 11) is -5.08. The van der Waals surface area contributed by atoms with Gasteiger partial charge in [0.05, 0.1) is 12.6 Å². The summed E-state index contributed by atoms with van der Waals surface area (Å²) in [4.78, 5) is 76.3. The predicted octanol–water partition coefficient (Wildman–Crippen LogP) is 3.03. The van der Waals surface area contributed by atoms with Gasteiger partial charge < -0.3 is 29.3 Å². The molecule has 3 fully saturated rings. The van der Waals surface area contributed by atoms with Gasteiger partial charge in [0.15, 0.2) is 16.9 Å². The number of nitrogens with one attached hydrogen (secondary N) is 2. The minimum atomic E-state index is -5.08. The smallest absolute Gasteiger partial charge is 0.413 e. The van der Waals surface area contributed by atoms with Crippen LogP contribution in [0.25, 0.3) is 0 Å². The lowest BCUT2D eigenvalue weighted by Gasteiger charge is -2.45. The van der Waals surface area contributed by atoms with Crippen LogP contribution in [0.15, 0.2) is 71.2 Å². The van der Waals surface area contributed by atoms with Gasteiger partial charge in [-0.25, -0.2) is 23.7 Å². The molecule has 0 radical (unpaired) electrons. The Balaban J connectivity index is 1.26. The maximum absolute atomic E-state index is 13.9. The molecule has 3 aromatic rings. The van der Waals surface area contributed by atoms with Gasteiger partial charge in [-0.2, -0.15) is 8.42 Å². The molecule has 1 aromatic heterocycles. The van der Waals surface area contributed by atoms with Crippen molar-refractivity contribution >= 4 is 62.5 Å². The molecule has 54 heavy (non-hydrogen) atoms. The number of carbonyl (C=O) groups excluding carboxylic acids is 5. The molecule has 2 aromatic carbocycles. The molecule has 20 heteroatoms. The molecule has 0 spiro atoms. The van der Waals surface area contributed by atoms with Crippen molar-refractivity contribution in [3.05, 3.63) is 82.9 Å². The maximum Gasteiger partial charge on any atom is 0.413 e. The van der Waals surface area contributed by atoms with E-state index in [0.717, 1.165) is 16.2 Å². The summed E-state index contributed by atoms with van der Waals surface area (Å²) >= 11 is 0.897. The van der Waals surface area contributed by atoms with E-state index in [4.69, 9.17) is 19.0 Å². The Bertz CT molecular complexity index is 2030. The fourth-order valence-electron chi connectivity index (χ4n) is 5.58. The number of hydrogen-bond donors (Lipinski definition) is 3. The summed E-state index contributed by atoms with van der Waals surface area (Å²) in [5.41, 5.74) is -1.73. The number of ether oxygens (including phenoxy) is 3. The molecule has 1 aliphatic carbocycles. The number of cyclic esters (lactones) is 1. The summed E-state index contributed by atoms with van der Waals surface area (Å²) in [6, 6.07) is 15.1. The van der Waals surface area contributed by atoms with Crippen molar-refractivity contribution in [2.75, 3.05) is 25.0 Å². The molecule has 0 bridgehead atoms. The van der Waals surface area contributed by atoms with Crippen LogP contribution in [0.3, 0.4) is 0 Å².